The molecule has 2 amide bonds. The number of nitrogens with one attached hydrogen (secondary N) is 2. The first-order chi connectivity index (χ1) is 8.50. The van der Waals surface area contributed by atoms with Gasteiger partial charge in [-0.05, 0) is 24.3 Å². The van der Waals surface area contributed by atoms with Crippen LogP contribution in [-0.2, 0) is 4.79 Å². The van der Waals surface area contributed by atoms with Crippen molar-refractivity contribution >= 4 is 11.8 Å². The Bertz CT molecular complexity index is 413. The molecular weight excluding hydrogens is 232 g/mol. The molecule has 0 unspecified atom stereocenters. The Balaban J connectivity index is 2.29. The second-order valence-corrected chi connectivity index (χ2v) is 4.25. The molecule has 0 saturated heterocycles. The van der Waals surface area contributed by atoms with Crippen molar-refractivity contribution in [2.24, 2.45) is 5.92 Å². The van der Waals surface area contributed by atoms with Crippen LogP contribution in [0.25, 0.3) is 0 Å². The fourth-order valence-electron chi connectivity index (χ4n) is 1.28. The fourth-order valence-corrected chi connectivity index (χ4v) is 1.28. The van der Waals surface area contributed by atoms with E-state index in [1.807, 2.05) is 13.8 Å². The first kappa shape index (κ1) is 14.0. The maximum atomic E-state index is 11.6. The highest BCUT2D eigenvalue weighted by Gasteiger charge is 2.07. The predicted molar refractivity (Wildman–Crippen MR) is 68.3 cm³/mol. The van der Waals surface area contributed by atoms with Crippen LogP contribution in [0.15, 0.2) is 24.3 Å². The maximum absolute atomic E-state index is 11.6. The molecule has 0 spiro atoms. The number of rotatable bonds is 5. The van der Waals surface area contributed by atoms with Crippen LogP contribution in [0.3, 0.4) is 0 Å². The molecule has 1 aromatic carbocycles. The Morgan fingerprint density at radius 1 is 1.11 bits per heavy atom. The van der Waals surface area contributed by atoms with Gasteiger partial charge in [-0.2, -0.15) is 0 Å². The van der Waals surface area contributed by atoms with Crippen LogP contribution in [0, 0.1) is 5.92 Å². The Labute approximate surface area is 106 Å². The summed E-state index contributed by atoms with van der Waals surface area (Å²) < 4.78 is 0. The molecule has 0 atom stereocenters. The molecule has 5 heteroatoms. The van der Waals surface area contributed by atoms with Gasteiger partial charge in [0.15, 0.2) is 0 Å². The zero-order valence-electron chi connectivity index (χ0n) is 10.6. The van der Waals surface area contributed by atoms with E-state index < -0.39 is 0 Å². The number of phenols is 1. The van der Waals surface area contributed by atoms with Crippen LogP contribution in [-0.4, -0.2) is 30.0 Å². The summed E-state index contributed by atoms with van der Waals surface area (Å²) in [5, 5.41) is 14.5. The molecule has 98 valence electrons. The summed E-state index contributed by atoms with van der Waals surface area (Å²) in [5.41, 5.74) is 0.475. The molecule has 18 heavy (non-hydrogen) atoms. The number of benzene rings is 1. The quantitative estimate of drug-likeness (QED) is 0.679. The lowest BCUT2D eigenvalue weighted by Gasteiger charge is -2.08. The first-order valence-electron chi connectivity index (χ1n) is 5.85. The van der Waals surface area contributed by atoms with Crippen LogP contribution in [0.1, 0.15) is 24.2 Å². The normalized spacial score (nSPS) is 10.2. The van der Waals surface area contributed by atoms with E-state index in [0.29, 0.717) is 18.7 Å². The number of hydrogen-bond donors (Lipinski definition) is 3. The third-order valence-electron chi connectivity index (χ3n) is 2.36. The van der Waals surface area contributed by atoms with Gasteiger partial charge in [-0.3, -0.25) is 9.59 Å². The van der Waals surface area contributed by atoms with E-state index in [0.717, 1.165) is 0 Å². The van der Waals surface area contributed by atoms with Crippen molar-refractivity contribution < 1.29 is 14.7 Å². The third kappa shape index (κ3) is 4.45. The molecule has 0 bridgehead atoms. The van der Waals surface area contributed by atoms with E-state index in [1.165, 1.54) is 24.3 Å². The van der Waals surface area contributed by atoms with E-state index in [1.54, 1.807) is 0 Å². The summed E-state index contributed by atoms with van der Waals surface area (Å²) in [5.74, 6) is -0.198. The highest BCUT2D eigenvalue weighted by molar-refractivity contribution is 5.94. The van der Waals surface area contributed by atoms with Gasteiger partial charge >= 0.3 is 0 Å². The van der Waals surface area contributed by atoms with Crippen LogP contribution >= 0.6 is 0 Å². The Kier molecular flexibility index (Phi) is 5.17. The number of carbonyl (C=O) groups is 2. The Morgan fingerprint density at radius 2 is 1.67 bits per heavy atom. The largest absolute Gasteiger partial charge is 0.508 e. The smallest absolute Gasteiger partial charge is 0.251 e. The summed E-state index contributed by atoms with van der Waals surface area (Å²) >= 11 is 0. The van der Waals surface area contributed by atoms with Crippen molar-refractivity contribution in [3.05, 3.63) is 29.8 Å². The second kappa shape index (κ2) is 6.64. The van der Waals surface area contributed by atoms with Gasteiger partial charge in [0.2, 0.25) is 5.91 Å². The number of aromatic hydroxyl groups is 1. The molecule has 1 aromatic rings. The molecule has 0 aliphatic heterocycles. The minimum absolute atomic E-state index is 0.0334. The Hall–Kier alpha value is -2.04. The lowest BCUT2D eigenvalue weighted by atomic mass is 10.2. The number of phenolic OH excluding ortho intramolecular Hbond substituents is 1. The molecule has 0 radical (unpaired) electrons. The minimum Gasteiger partial charge on any atom is -0.508 e. The summed E-state index contributed by atoms with van der Waals surface area (Å²) in [6.45, 7) is 4.40. The van der Waals surface area contributed by atoms with Gasteiger partial charge in [-0.25, -0.2) is 0 Å². The third-order valence-corrected chi connectivity index (χ3v) is 2.36. The summed E-state index contributed by atoms with van der Waals surface area (Å²) in [7, 11) is 0. The van der Waals surface area contributed by atoms with Gasteiger partial charge in [0.05, 0.1) is 0 Å². The van der Waals surface area contributed by atoms with Gasteiger partial charge in [-0.15, -0.1) is 0 Å². The van der Waals surface area contributed by atoms with Crippen molar-refractivity contribution in [2.45, 2.75) is 13.8 Å². The van der Waals surface area contributed by atoms with Crippen molar-refractivity contribution in [1.82, 2.24) is 10.6 Å². The topological polar surface area (TPSA) is 78.4 Å². The molecule has 0 aromatic heterocycles. The van der Waals surface area contributed by atoms with Crippen LogP contribution in [0.2, 0.25) is 0 Å². The van der Waals surface area contributed by atoms with Crippen molar-refractivity contribution in [3.63, 3.8) is 0 Å². The molecule has 0 heterocycles. The summed E-state index contributed by atoms with van der Waals surface area (Å²) in [4.78, 5) is 22.9. The SMILES string of the molecule is CC(C)C(=O)NCCNC(=O)c1ccc(O)cc1. The van der Waals surface area contributed by atoms with E-state index in [2.05, 4.69) is 10.6 Å². The standard InChI is InChI=1S/C13H18N2O3/c1-9(2)12(17)14-7-8-15-13(18)10-3-5-11(16)6-4-10/h3-6,9,16H,7-8H2,1-2H3,(H,14,17)(H,15,18). The first-order valence-corrected chi connectivity index (χ1v) is 5.85. The van der Waals surface area contributed by atoms with Gasteiger partial charge in [0, 0.05) is 24.6 Å². The summed E-state index contributed by atoms with van der Waals surface area (Å²) in [6, 6.07) is 5.99. The van der Waals surface area contributed by atoms with Crippen molar-refractivity contribution in [3.8, 4) is 5.75 Å². The molecule has 5 nitrogen and oxygen atoms in total. The lowest BCUT2D eigenvalue weighted by Crippen LogP contribution is -2.36. The van der Waals surface area contributed by atoms with E-state index >= 15 is 0 Å². The molecule has 3 N–H and O–H groups in total. The van der Waals surface area contributed by atoms with Crippen molar-refractivity contribution in [1.29, 1.82) is 0 Å². The fraction of sp³-hybridized carbons (Fsp3) is 0.385. The zero-order valence-corrected chi connectivity index (χ0v) is 10.6. The monoisotopic (exact) mass is 250 g/mol. The second-order valence-electron chi connectivity index (χ2n) is 4.25. The van der Waals surface area contributed by atoms with E-state index in [4.69, 9.17) is 5.11 Å². The molecule has 0 aliphatic rings. The van der Waals surface area contributed by atoms with Gasteiger partial charge in [0.25, 0.3) is 5.91 Å². The van der Waals surface area contributed by atoms with E-state index in [-0.39, 0.29) is 23.5 Å². The highest BCUT2D eigenvalue weighted by atomic mass is 16.3. The lowest BCUT2D eigenvalue weighted by molar-refractivity contribution is -0.123. The molecule has 0 saturated carbocycles. The van der Waals surface area contributed by atoms with Crippen molar-refractivity contribution in [2.75, 3.05) is 13.1 Å². The molecule has 1 rings (SSSR count). The molecule has 0 aliphatic carbocycles. The van der Waals surface area contributed by atoms with E-state index in [9.17, 15) is 9.59 Å². The highest BCUT2D eigenvalue weighted by Crippen LogP contribution is 2.09. The average molecular weight is 250 g/mol. The molecular formula is C13H18N2O3. The van der Waals surface area contributed by atoms with Gasteiger partial charge in [-0.1, -0.05) is 13.8 Å². The van der Waals surface area contributed by atoms with Gasteiger partial charge < -0.3 is 15.7 Å². The number of carbonyl (C=O) groups excluding carboxylic acids is 2. The number of hydrogen-bond acceptors (Lipinski definition) is 3. The van der Waals surface area contributed by atoms with Gasteiger partial charge in [0.1, 0.15) is 5.75 Å². The average Bonchev–Trinajstić information content (AvgIpc) is 2.34. The van der Waals surface area contributed by atoms with Crippen LogP contribution in [0.5, 0.6) is 5.75 Å². The zero-order chi connectivity index (χ0) is 13.5. The van der Waals surface area contributed by atoms with Crippen LogP contribution in [0.4, 0.5) is 0 Å². The van der Waals surface area contributed by atoms with Crippen LogP contribution < -0.4 is 10.6 Å². The number of amides is 2. The predicted octanol–water partition coefficient (Wildman–Crippen LogP) is 0.894. The minimum atomic E-state index is -0.228. The summed E-state index contributed by atoms with van der Waals surface area (Å²) in [6.07, 6.45) is 0. The Morgan fingerprint density at radius 3 is 2.22 bits per heavy atom. The maximum Gasteiger partial charge on any atom is 0.251 e. The molecule has 0 fully saturated rings.